The van der Waals surface area contributed by atoms with E-state index in [-0.39, 0.29) is 23.8 Å². The molecule has 0 N–H and O–H groups in total. The Morgan fingerprint density at radius 2 is 1.79 bits per heavy atom. The van der Waals surface area contributed by atoms with Crippen LogP contribution in [0.5, 0.6) is 0 Å². The van der Waals surface area contributed by atoms with Crippen LogP contribution in [0.15, 0.2) is 36.4 Å². The number of carbonyl (C=O) groups excluding carboxylic acids is 1. The summed E-state index contributed by atoms with van der Waals surface area (Å²) in [7, 11) is 3.84. The highest BCUT2D eigenvalue weighted by Gasteiger charge is 2.22. The molecule has 3 aromatic rings. The molecule has 0 aliphatic rings. The maximum Gasteiger partial charge on any atom is 0.260 e. The van der Waals surface area contributed by atoms with Crippen LogP contribution in [0.4, 0.5) is 18.3 Å². The third kappa shape index (κ3) is 5.01. The Bertz CT molecular complexity index is 980. The van der Waals surface area contributed by atoms with E-state index in [2.05, 4.69) is 4.98 Å². The Hall–Kier alpha value is -2.16. The number of rotatable bonds is 6. The van der Waals surface area contributed by atoms with Crippen molar-refractivity contribution in [1.29, 1.82) is 0 Å². The molecule has 3 rings (SSSR count). The molecule has 9 heteroatoms. The summed E-state index contributed by atoms with van der Waals surface area (Å²) in [6.07, 6.45) is 0.659. The minimum atomic E-state index is -1.08. The van der Waals surface area contributed by atoms with Gasteiger partial charge >= 0.3 is 0 Å². The summed E-state index contributed by atoms with van der Waals surface area (Å²) >= 11 is 1.18. The molecule has 0 spiro atoms. The second-order valence-electron chi connectivity index (χ2n) is 6.35. The van der Waals surface area contributed by atoms with E-state index in [1.165, 1.54) is 34.4 Å². The van der Waals surface area contributed by atoms with Crippen LogP contribution in [0.25, 0.3) is 10.2 Å². The molecule has 0 fully saturated rings. The van der Waals surface area contributed by atoms with Crippen molar-refractivity contribution in [3.8, 4) is 0 Å². The van der Waals surface area contributed by atoms with E-state index in [0.717, 1.165) is 18.7 Å². The van der Waals surface area contributed by atoms with Crippen molar-refractivity contribution in [2.75, 3.05) is 32.1 Å². The van der Waals surface area contributed by atoms with E-state index in [0.29, 0.717) is 28.3 Å². The number of anilines is 1. The molecule has 0 aliphatic carbocycles. The fraction of sp³-hybridized carbons (Fsp3) is 0.263. The molecule has 150 valence electrons. The summed E-state index contributed by atoms with van der Waals surface area (Å²) in [6, 6.07) is 7.26. The third-order valence-corrected chi connectivity index (χ3v) is 5.01. The zero-order chi connectivity index (χ0) is 19.6. The van der Waals surface area contributed by atoms with Crippen LogP contribution in [-0.4, -0.2) is 43.0 Å². The Balaban J connectivity index is 0.00000280. The van der Waals surface area contributed by atoms with Gasteiger partial charge in [0.25, 0.3) is 5.91 Å². The van der Waals surface area contributed by atoms with Gasteiger partial charge in [-0.2, -0.15) is 0 Å². The molecular formula is C19H19ClF3N3OS. The Labute approximate surface area is 171 Å². The zero-order valence-electron chi connectivity index (χ0n) is 15.3. The van der Waals surface area contributed by atoms with E-state index < -0.39 is 17.5 Å². The van der Waals surface area contributed by atoms with E-state index in [1.807, 2.05) is 19.0 Å². The minimum Gasteiger partial charge on any atom is -0.309 e. The first-order chi connectivity index (χ1) is 12.8. The van der Waals surface area contributed by atoms with Gasteiger partial charge in [-0.25, -0.2) is 18.2 Å². The van der Waals surface area contributed by atoms with Gasteiger partial charge in [0.1, 0.15) is 5.82 Å². The number of hydrogen-bond donors (Lipinski definition) is 0. The van der Waals surface area contributed by atoms with Crippen LogP contribution < -0.4 is 4.90 Å². The fourth-order valence-electron chi connectivity index (χ4n) is 2.62. The SMILES string of the molecule is CN(C)CCCN(C(=O)c1ccc(F)c(F)c1)c1nc2ccc(F)cc2s1.Cl. The predicted molar refractivity (Wildman–Crippen MR) is 108 cm³/mol. The largest absolute Gasteiger partial charge is 0.309 e. The number of thiazole rings is 1. The van der Waals surface area contributed by atoms with Crippen LogP contribution in [0, 0.1) is 17.5 Å². The van der Waals surface area contributed by atoms with Crippen LogP contribution in [0.3, 0.4) is 0 Å². The molecule has 28 heavy (non-hydrogen) atoms. The van der Waals surface area contributed by atoms with Crippen molar-refractivity contribution in [3.63, 3.8) is 0 Å². The summed E-state index contributed by atoms with van der Waals surface area (Å²) in [6.45, 7) is 1.08. The molecule has 0 radical (unpaired) electrons. The molecule has 0 saturated heterocycles. The molecule has 0 aliphatic heterocycles. The summed E-state index contributed by atoms with van der Waals surface area (Å²) in [4.78, 5) is 20.8. The van der Waals surface area contributed by atoms with Crippen molar-refractivity contribution >= 4 is 45.0 Å². The van der Waals surface area contributed by atoms with Crippen LogP contribution in [-0.2, 0) is 0 Å². The second-order valence-corrected chi connectivity index (χ2v) is 7.36. The lowest BCUT2D eigenvalue weighted by atomic mass is 10.2. The predicted octanol–water partition coefficient (Wildman–Crippen LogP) is 4.73. The lowest BCUT2D eigenvalue weighted by molar-refractivity contribution is 0.0985. The maximum atomic E-state index is 13.6. The van der Waals surface area contributed by atoms with E-state index in [1.54, 1.807) is 6.07 Å². The quantitative estimate of drug-likeness (QED) is 0.568. The number of benzene rings is 2. The summed E-state index contributed by atoms with van der Waals surface area (Å²) in [5.41, 5.74) is 0.608. The molecule has 1 aromatic heterocycles. The van der Waals surface area contributed by atoms with Crippen molar-refractivity contribution in [1.82, 2.24) is 9.88 Å². The molecule has 0 saturated carbocycles. The monoisotopic (exact) mass is 429 g/mol. The molecule has 0 bridgehead atoms. The van der Waals surface area contributed by atoms with Crippen LogP contribution in [0.1, 0.15) is 16.8 Å². The van der Waals surface area contributed by atoms with Crippen molar-refractivity contribution in [2.24, 2.45) is 0 Å². The fourth-order valence-corrected chi connectivity index (χ4v) is 3.63. The van der Waals surface area contributed by atoms with Gasteiger partial charge in [-0.1, -0.05) is 11.3 Å². The lowest BCUT2D eigenvalue weighted by Gasteiger charge is -2.21. The van der Waals surface area contributed by atoms with Gasteiger partial charge < -0.3 is 4.90 Å². The number of nitrogens with zero attached hydrogens (tertiary/aromatic N) is 3. The number of amides is 1. The van der Waals surface area contributed by atoms with E-state index in [9.17, 15) is 18.0 Å². The first kappa shape index (κ1) is 22.1. The number of hydrogen-bond acceptors (Lipinski definition) is 4. The van der Waals surface area contributed by atoms with E-state index >= 15 is 0 Å². The van der Waals surface area contributed by atoms with E-state index in [4.69, 9.17) is 0 Å². The highest BCUT2D eigenvalue weighted by Crippen LogP contribution is 2.30. The molecule has 1 heterocycles. The zero-order valence-corrected chi connectivity index (χ0v) is 16.9. The second kappa shape index (κ2) is 9.36. The third-order valence-electron chi connectivity index (χ3n) is 3.97. The molecule has 4 nitrogen and oxygen atoms in total. The number of fused-ring (bicyclic) bond motifs is 1. The topological polar surface area (TPSA) is 36.4 Å². The molecule has 2 aromatic carbocycles. The Morgan fingerprint density at radius 3 is 2.46 bits per heavy atom. The summed E-state index contributed by atoms with van der Waals surface area (Å²) in [5.74, 6) is -2.96. The van der Waals surface area contributed by atoms with Crippen LogP contribution in [0.2, 0.25) is 0 Å². The lowest BCUT2D eigenvalue weighted by Crippen LogP contribution is -2.33. The highest BCUT2D eigenvalue weighted by atomic mass is 35.5. The van der Waals surface area contributed by atoms with Gasteiger partial charge in [0.05, 0.1) is 10.2 Å². The van der Waals surface area contributed by atoms with Gasteiger partial charge in [0, 0.05) is 12.1 Å². The van der Waals surface area contributed by atoms with Crippen molar-refractivity contribution in [3.05, 3.63) is 59.4 Å². The van der Waals surface area contributed by atoms with Gasteiger partial charge in [-0.05, 0) is 63.5 Å². The van der Waals surface area contributed by atoms with Gasteiger partial charge in [0.2, 0.25) is 0 Å². The smallest absolute Gasteiger partial charge is 0.260 e. The standard InChI is InChI=1S/C19H18F3N3OS.ClH/c1-24(2)8-3-9-25(18(26)12-4-6-14(21)15(22)10-12)19-23-16-7-5-13(20)11-17(16)27-19;/h4-7,10-11H,3,8-9H2,1-2H3;1H. The summed E-state index contributed by atoms with van der Waals surface area (Å²) in [5, 5.41) is 0.393. The highest BCUT2D eigenvalue weighted by molar-refractivity contribution is 7.22. The van der Waals surface area contributed by atoms with Gasteiger partial charge in [0.15, 0.2) is 16.8 Å². The van der Waals surface area contributed by atoms with Crippen molar-refractivity contribution < 1.29 is 18.0 Å². The van der Waals surface area contributed by atoms with Gasteiger partial charge in [-0.3, -0.25) is 9.69 Å². The molecule has 0 unspecified atom stereocenters. The first-order valence-corrected chi connectivity index (χ1v) is 9.14. The number of halogens is 4. The molecule has 0 atom stereocenters. The average Bonchev–Trinajstić information content (AvgIpc) is 3.03. The number of aromatic nitrogens is 1. The number of carbonyl (C=O) groups is 1. The summed E-state index contributed by atoms with van der Waals surface area (Å²) < 4.78 is 40.8. The molecule has 1 amide bonds. The van der Waals surface area contributed by atoms with Gasteiger partial charge in [-0.15, -0.1) is 12.4 Å². The Kier molecular flexibility index (Phi) is 7.40. The average molecular weight is 430 g/mol. The first-order valence-electron chi connectivity index (χ1n) is 8.33. The maximum absolute atomic E-state index is 13.6. The molecular weight excluding hydrogens is 411 g/mol. The van der Waals surface area contributed by atoms with Crippen LogP contribution >= 0.6 is 23.7 Å². The van der Waals surface area contributed by atoms with Crippen molar-refractivity contribution in [2.45, 2.75) is 6.42 Å². The normalized spacial score (nSPS) is 10.9. The minimum absolute atomic E-state index is 0. The Morgan fingerprint density at radius 1 is 1.04 bits per heavy atom.